The molecule has 2 aromatic rings. The number of amides is 1. The molecular weight excluding hydrogens is 331 g/mol. The first kappa shape index (κ1) is 17.5. The molecule has 2 aromatic carbocycles. The monoisotopic (exact) mass is 349 g/mol. The first-order valence-corrected chi connectivity index (χ1v) is 8.08. The van der Waals surface area contributed by atoms with Gasteiger partial charge in [-0.3, -0.25) is 4.79 Å². The highest BCUT2D eigenvalue weighted by Crippen LogP contribution is 2.34. The summed E-state index contributed by atoms with van der Waals surface area (Å²) in [6.07, 6.45) is 1.16. The summed E-state index contributed by atoms with van der Waals surface area (Å²) < 4.78 is 46.6. The van der Waals surface area contributed by atoms with Crippen LogP contribution in [0.5, 0.6) is 0 Å². The highest BCUT2D eigenvalue weighted by atomic mass is 19.1. The van der Waals surface area contributed by atoms with Crippen LogP contribution in [0, 0.1) is 17.5 Å². The molecule has 0 bridgehead atoms. The van der Waals surface area contributed by atoms with Gasteiger partial charge in [0.25, 0.3) is 5.91 Å². The van der Waals surface area contributed by atoms with Gasteiger partial charge in [-0.15, -0.1) is 0 Å². The maximum Gasteiger partial charge on any atom is 0.257 e. The Kier molecular flexibility index (Phi) is 5.08. The van der Waals surface area contributed by atoms with Crippen LogP contribution in [0.3, 0.4) is 0 Å². The number of hydrogen-bond acceptors (Lipinski definition) is 2. The average molecular weight is 349 g/mol. The number of carbonyl (C=O) groups excluding carboxylic acids is 1. The number of ether oxygens (including phenoxy) is 1. The van der Waals surface area contributed by atoms with Crippen molar-refractivity contribution >= 4 is 5.91 Å². The predicted octanol–water partition coefficient (Wildman–Crippen LogP) is 3.58. The van der Waals surface area contributed by atoms with Gasteiger partial charge in [-0.2, -0.15) is 0 Å². The molecule has 3 nitrogen and oxygen atoms in total. The molecule has 0 atom stereocenters. The number of hydrogen-bond donors (Lipinski definition) is 1. The largest absolute Gasteiger partial charge is 0.381 e. The van der Waals surface area contributed by atoms with E-state index in [1.807, 2.05) is 0 Å². The summed E-state index contributed by atoms with van der Waals surface area (Å²) in [6.45, 7) is 1.09. The Hall–Kier alpha value is -2.34. The van der Waals surface area contributed by atoms with Gasteiger partial charge in [0.15, 0.2) is 0 Å². The van der Waals surface area contributed by atoms with Crippen molar-refractivity contribution in [3.63, 3.8) is 0 Å². The molecule has 1 fully saturated rings. The molecule has 6 heteroatoms. The molecule has 0 radical (unpaired) electrons. The van der Waals surface area contributed by atoms with Gasteiger partial charge in [-0.05, 0) is 42.7 Å². The van der Waals surface area contributed by atoms with E-state index in [-0.39, 0.29) is 12.4 Å². The Morgan fingerprint density at radius 3 is 2.32 bits per heavy atom. The van der Waals surface area contributed by atoms with Crippen LogP contribution < -0.4 is 5.32 Å². The van der Waals surface area contributed by atoms with Gasteiger partial charge >= 0.3 is 0 Å². The van der Waals surface area contributed by atoms with Gasteiger partial charge in [0, 0.05) is 25.2 Å². The molecule has 1 N–H and O–H groups in total. The van der Waals surface area contributed by atoms with Gasteiger partial charge in [0.05, 0.1) is 0 Å². The van der Waals surface area contributed by atoms with Crippen molar-refractivity contribution in [1.82, 2.24) is 5.32 Å². The number of carbonyl (C=O) groups is 1. The Morgan fingerprint density at radius 2 is 1.68 bits per heavy atom. The maximum absolute atomic E-state index is 13.8. The van der Waals surface area contributed by atoms with Crippen LogP contribution in [-0.4, -0.2) is 25.7 Å². The van der Waals surface area contributed by atoms with Crippen LogP contribution in [-0.2, 0) is 10.2 Å². The minimum absolute atomic E-state index is 0.145. The molecule has 0 spiro atoms. The summed E-state index contributed by atoms with van der Waals surface area (Å²) >= 11 is 0. The number of benzene rings is 2. The summed E-state index contributed by atoms with van der Waals surface area (Å²) in [7, 11) is 0. The summed E-state index contributed by atoms with van der Waals surface area (Å²) in [5, 5.41) is 2.61. The molecule has 0 unspecified atom stereocenters. The first-order valence-electron chi connectivity index (χ1n) is 8.08. The van der Waals surface area contributed by atoms with E-state index in [0.717, 1.165) is 17.7 Å². The Balaban J connectivity index is 1.83. The molecule has 0 aliphatic carbocycles. The standard InChI is InChI=1S/C19H18F3NO2/c20-14-4-1-3-13(11-14)19(7-9-25-10-8-19)12-23-18(24)17-15(21)5-2-6-16(17)22/h1-6,11H,7-10,12H2,(H,23,24). The van der Waals surface area contributed by atoms with Crippen molar-refractivity contribution in [2.24, 2.45) is 0 Å². The zero-order chi connectivity index (χ0) is 17.9. The smallest absolute Gasteiger partial charge is 0.257 e. The topological polar surface area (TPSA) is 38.3 Å². The van der Waals surface area contributed by atoms with Crippen LogP contribution >= 0.6 is 0 Å². The normalized spacial score (nSPS) is 16.4. The van der Waals surface area contributed by atoms with Crippen molar-refractivity contribution in [2.75, 3.05) is 19.8 Å². The highest BCUT2D eigenvalue weighted by Gasteiger charge is 2.35. The third-order valence-corrected chi connectivity index (χ3v) is 4.66. The summed E-state index contributed by atoms with van der Waals surface area (Å²) in [5.74, 6) is -3.01. The molecule has 0 aromatic heterocycles. The molecule has 1 heterocycles. The molecular formula is C19H18F3NO2. The molecule has 3 rings (SSSR count). The second-order valence-electron chi connectivity index (χ2n) is 6.18. The maximum atomic E-state index is 13.8. The number of nitrogens with one attached hydrogen (secondary N) is 1. The fourth-order valence-corrected chi connectivity index (χ4v) is 3.20. The zero-order valence-corrected chi connectivity index (χ0v) is 13.5. The first-order chi connectivity index (χ1) is 12.0. The zero-order valence-electron chi connectivity index (χ0n) is 13.5. The van der Waals surface area contributed by atoms with E-state index < -0.39 is 28.5 Å². The van der Waals surface area contributed by atoms with Gasteiger partial charge in [-0.25, -0.2) is 13.2 Å². The second-order valence-corrected chi connectivity index (χ2v) is 6.18. The molecule has 1 aliphatic rings. The van der Waals surface area contributed by atoms with E-state index in [0.29, 0.717) is 26.1 Å². The van der Waals surface area contributed by atoms with Crippen molar-refractivity contribution < 1.29 is 22.7 Å². The van der Waals surface area contributed by atoms with Crippen molar-refractivity contribution in [3.8, 4) is 0 Å². The lowest BCUT2D eigenvalue weighted by Crippen LogP contribution is -2.45. The van der Waals surface area contributed by atoms with E-state index in [2.05, 4.69) is 5.32 Å². The predicted molar refractivity (Wildman–Crippen MR) is 86.8 cm³/mol. The molecule has 132 valence electrons. The Morgan fingerprint density at radius 1 is 1.04 bits per heavy atom. The van der Waals surface area contributed by atoms with Gasteiger partial charge in [-0.1, -0.05) is 18.2 Å². The quantitative estimate of drug-likeness (QED) is 0.916. The van der Waals surface area contributed by atoms with E-state index in [9.17, 15) is 18.0 Å². The summed E-state index contributed by atoms with van der Waals surface area (Å²) in [5.41, 5.74) is -0.397. The fraction of sp³-hybridized carbons (Fsp3) is 0.316. The second kappa shape index (κ2) is 7.27. The lowest BCUT2D eigenvalue weighted by Gasteiger charge is -2.38. The average Bonchev–Trinajstić information content (AvgIpc) is 2.61. The molecule has 1 amide bonds. The lowest BCUT2D eigenvalue weighted by atomic mass is 9.74. The van der Waals surface area contributed by atoms with E-state index in [1.54, 1.807) is 12.1 Å². The van der Waals surface area contributed by atoms with Gasteiger partial charge in [0.2, 0.25) is 0 Å². The van der Waals surface area contributed by atoms with Crippen LogP contribution in [0.2, 0.25) is 0 Å². The third kappa shape index (κ3) is 3.69. The Bertz CT molecular complexity index is 753. The number of rotatable bonds is 4. The summed E-state index contributed by atoms with van der Waals surface area (Å²) in [4.78, 5) is 12.3. The lowest BCUT2D eigenvalue weighted by molar-refractivity contribution is 0.0485. The molecule has 1 saturated heterocycles. The van der Waals surface area contributed by atoms with Crippen LogP contribution in [0.4, 0.5) is 13.2 Å². The van der Waals surface area contributed by atoms with Crippen molar-refractivity contribution in [2.45, 2.75) is 18.3 Å². The third-order valence-electron chi connectivity index (χ3n) is 4.66. The van der Waals surface area contributed by atoms with Crippen LogP contribution in [0.1, 0.15) is 28.8 Å². The van der Waals surface area contributed by atoms with Crippen molar-refractivity contribution in [1.29, 1.82) is 0 Å². The summed E-state index contributed by atoms with van der Waals surface area (Å²) in [6, 6.07) is 9.47. The van der Waals surface area contributed by atoms with Gasteiger partial charge in [0.1, 0.15) is 23.0 Å². The minimum Gasteiger partial charge on any atom is -0.381 e. The van der Waals surface area contributed by atoms with Crippen LogP contribution in [0.15, 0.2) is 42.5 Å². The SMILES string of the molecule is O=C(NCC1(c2cccc(F)c2)CCOCC1)c1c(F)cccc1F. The van der Waals surface area contributed by atoms with E-state index in [4.69, 9.17) is 4.74 Å². The number of halogens is 3. The van der Waals surface area contributed by atoms with E-state index >= 15 is 0 Å². The fourth-order valence-electron chi connectivity index (χ4n) is 3.20. The molecule has 0 saturated carbocycles. The molecule has 25 heavy (non-hydrogen) atoms. The van der Waals surface area contributed by atoms with Gasteiger partial charge < -0.3 is 10.1 Å². The van der Waals surface area contributed by atoms with Crippen LogP contribution in [0.25, 0.3) is 0 Å². The van der Waals surface area contributed by atoms with E-state index in [1.165, 1.54) is 18.2 Å². The van der Waals surface area contributed by atoms with Crippen molar-refractivity contribution in [3.05, 3.63) is 71.0 Å². The Labute approximate surface area is 143 Å². The minimum atomic E-state index is -0.913. The molecule has 1 aliphatic heterocycles. The highest BCUT2D eigenvalue weighted by molar-refractivity contribution is 5.94.